The van der Waals surface area contributed by atoms with E-state index in [1.165, 1.54) is 27.7 Å². The number of para-hydroxylation sites is 1. The highest BCUT2D eigenvalue weighted by molar-refractivity contribution is 6.10. The van der Waals surface area contributed by atoms with Gasteiger partial charge in [0, 0.05) is 23.6 Å². The van der Waals surface area contributed by atoms with Gasteiger partial charge in [0.05, 0.1) is 5.56 Å². The fourth-order valence-corrected chi connectivity index (χ4v) is 3.27. The van der Waals surface area contributed by atoms with Crippen molar-refractivity contribution in [1.82, 2.24) is 9.47 Å². The number of likely N-dealkylation sites (tertiary alicyclic amines) is 1. The van der Waals surface area contributed by atoms with Crippen molar-refractivity contribution in [2.45, 2.75) is 31.6 Å². The third-order valence-corrected chi connectivity index (χ3v) is 4.45. The van der Waals surface area contributed by atoms with Crippen LogP contribution in [0.3, 0.4) is 0 Å². The molecule has 6 nitrogen and oxygen atoms in total. The number of halogens is 3. The highest BCUT2D eigenvalue weighted by atomic mass is 19.4. The highest BCUT2D eigenvalue weighted by Gasteiger charge is 2.41. The number of Topliss-reactive ketones (excluding diaryl/α,β-unsaturated/α-hetero) is 1. The lowest BCUT2D eigenvalue weighted by Crippen LogP contribution is -2.41. The van der Waals surface area contributed by atoms with Crippen molar-refractivity contribution in [1.29, 1.82) is 0 Å². The molecule has 1 fully saturated rings. The Morgan fingerprint density at radius 1 is 1.19 bits per heavy atom. The lowest BCUT2D eigenvalue weighted by atomic mass is 10.1. The molecular weight excluding hydrogens is 353 g/mol. The van der Waals surface area contributed by atoms with Crippen molar-refractivity contribution in [3.05, 3.63) is 36.0 Å². The SMILES string of the molecule is O=C(O)C1CCCN1C(=O)Cn1cc(C(=O)C(F)(F)F)c2ccccc21. The van der Waals surface area contributed by atoms with Gasteiger partial charge in [-0.25, -0.2) is 4.79 Å². The van der Waals surface area contributed by atoms with Gasteiger partial charge >= 0.3 is 12.1 Å². The van der Waals surface area contributed by atoms with Gasteiger partial charge in [-0.1, -0.05) is 18.2 Å². The van der Waals surface area contributed by atoms with Gasteiger partial charge in [-0.15, -0.1) is 0 Å². The summed E-state index contributed by atoms with van der Waals surface area (Å²) in [4.78, 5) is 36.6. The number of carboxylic acids is 1. The summed E-state index contributed by atoms with van der Waals surface area (Å²) in [6, 6.07) is 5.05. The van der Waals surface area contributed by atoms with Gasteiger partial charge in [0.25, 0.3) is 5.78 Å². The Hall–Kier alpha value is -2.84. The van der Waals surface area contributed by atoms with Crippen molar-refractivity contribution < 1.29 is 32.7 Å². The molecule has 1 aliphatic heterocycles. The van der Waals surface area contributed by atoms with Crippen LogP contribution in [-0.4, -0.2) is 51.0 Å². The van der Waals surface area contributed by atoms with Crippen LogP contribution in [0.4, 0.5) is 13.2 Å². The quantitative estimate of drug-likeness (QED) is 0.841. The normalized spacial score (nSPS) is 17.7. The monoisotopic (exact) mass is 368 g/mol. The third-order valence-electron chi connectivity index (χ3n) is 4.45. The molecule has 2 aromatic rings. The molecule has 0 bridgehead atoms. The van der Waals surface area contributed by atoms with Gasteiger partial charge in [0.2, 0.25) is 5.91 Å². The predicted molar refractivity (Wildman–Crippen MR) is 84.7 cm³/mol. The van der Waals surface area contributed by atoms with Crippen LogP contribution in [0.25, 0.3) is 10.9 Å². The maximum atomic E-state index is 12.8. The molecule has 2 heterocycles. The maximum Gasteiger partial charge on any atom is 0.454 e. The van der Waals surface area contributed by atoms with E-state index in [4.69, 9.17) is 5.11 Å². The number of amides is 1. The van der Waals surface area contributed by atoms with Crippen LogP contribution >= 0.6 is 0 Å². The molecule has 1 aromatic heterocycles. The average Bonchev–Trinajstić information content (AvgIpc) is 3.19. The Bertz CT molecular complexity index is 888. The summed E-state index contributed by atoms with van der Waals surface area (Å²) in [6.45, 7) is -0.0568. The van der Waals surface area contributed by atoms with Gasteiger partial charge in [-0.05, 0) is 18.9 Å². The minimum Gasteiger partial charge on any atom is -0.480 e. The Kier molecular flexibility index (Phi) is 4.47. The van der Waals surface area contributed by atoms with E-state index in [0.29, 0.717) is 18.4 Å². The van der Waals surface area contributed by atoms with Crippen LogP contribution in [0.2, 0.25) is 0 Å². The largest absolute Gasteiger partial charge is 0.480 e. The van der Waals surface area contributed by atoms with Crippen molar-refractivity contribution in [3.8, 4) is 0 Å². The average molecular weight is 368 g/mol. The van der Waals surface area contributed by atoms with Gasteiger partial charge in [0.1, 0.15) is 12.6 Å². The first-order chi connectivity index (χ1) is 12.2. The van der Waals surface area contributed by atoms with Crippen LogP contribution in [0, 0.1) is 0 Å². The second-order valence-corrected chi connectivity index (χ2v) is 6.10. The zero-order valence-electron chi connectivity index (χ0n) is 13.5. The summed E-state index contributed by atoms with van der Waals surface area (Å²) >= 11 is 0. The lowest BCUT2D eigenvalue weighted by Gasteiger charge is -2.21. The Morgan fingerprint density at radius 2 is 1.88 bits per heavy atom. The van der Waals surface area contributed by atoms with Crippen LogP contribution in [0.15, 0.2) is 30.5 Å². The van der Waals surface area contributed by atoms with E-state index in [-0.39, 0.29) is 18.5 Å². The lowest BCUT2D eigenvalue weighted by molar-refractivity contribution is -0.148. The molecular formula is C17H15F3N2O4. The zero-order chi connectivity index (χ0) is 19.1. The Balaban J connectivity index is 1.95. The zero-order valence-corrected chi connectivity index (χ0v) is 13.5. The number of carbonyl (C=O) groups is 3. The van der Waals surface area contributed by atoms with Crippen LogP contribution in [0.1, 0.15) is 23.2 Å². The van der Waals surface area contributed by atoms with Gasteiger partial charge in [-0.2, -0.15) is 13.2 Å². The molecule has 26 heavy (non-hydrogen) atoms. The number of nitrogens with zero attached hydrogens (tertiary/aromatic N) is 2. The summed E-state index contributed by atoms with van der Waals surface area (Å²) in [6.07, 6.45) is -3.13. The number of benzene rings is 1. The molecule has 0 saturated carbocycles. The molecule has 0 aliphatic carbocycles. The summed E-state index contributed by atoms with van der Waals surface area (Å²) in [5.74, 6) is -3.60. The molecule has 1 aliphatic rings. The molecule has 138 valence electrons. The molecule has 0 spiro atoms. The fourth-order valence-electron chi connectivity index (χ4n) is 3.27. The van der Waals surface area contributed by atoms with E-state index in [1.54, 1.807) is 6.07 Å². The number of hydrogen-bond donors (Lipinski definition) is 1. The maximum absolute atomic E-state index is 12.8. The Labute approximate surface area is 145 Å². The first-order valence-corrected chi connectivity index (χ1v) is 7.92. The minimum absolute atomic E-state index is 0.0961. The van der Waals surface area contributed by atoms with Gasteiger partial charge in [-0.3, -0.25) is 9.59 Å². The van der Waals surface area contributed by atoms with E-state index in [2.05, 4.69) is 0 Å². The van der Waals surface area contributed by atoms with E-state index in [0.717, 1.165) is 6.20 Å². The molecule has 9 heteroatoms. The van der Waals surface area contributed by atoms with Crippen LogP contribution < -0.4 is 0 Å². The van der Waals surface area contributed by atoms with Crippen molar-refractivity contribution >= 4 is 28.6 Å². The van der Waals surface area contributed by atoms with Crippen molar-refractivity contribution in [2.75, 3.05) is 6.54 Å². The molecule has 1 aromatic carbocycles. The number of ketones is 1. The van der Waals surface area contributed by atoms with Crippen LogP contribution in [0.5, 0.6) is 0 Å². The first kappa shape index (κ1) is 18.0. The van der Waals surface area contributed by atoms with E-state index < -0.39 is 35.4 Å². The topological polar surface area (TPSA) is 79.6 Å². The minimum atomic E-state index is -5.03. The highest BCUT2D eigenvalue weighted by Crippen LogP contribution is 2.29. The summed E-state index contributed by atoms with van der Waals surface area (Å²) in [7, 11) is 0. The van der Waals surface area contributed by atoms with Gasteiger partial charge < -0.3 is 14.6 Å². The molecule has 1 saturated heterocycles. The number of aromatic nitrogens is 1. The molecule has 3 rings (SSSR count). The molecule has 1 amide bonds. The second kappa shape index (κ2) is 6.47. The fraction of sp³-hybridized carbons (Fsp3) is 0.353. The smallest absolute Gasteiger partial charge is 0.454 e. The molecule has 1 N–H and O–H groups in total. The van der Waals surface area contributed by atoms with Gasteiger partial charge in [0.15, 0.2) is 0 Å². The second-order valence-electron chi connectivity index (χ2n) is 6.10. The first-order valence-electron chi connectivity index (χ1n) is 7.92. The number of fused-ring (bicyclic) bond motifs is 1. The summed E-state index contributed by atoms with van der Waals surface area (Å²) in [5, 5.41) is 9.26. The molecule has 0 radical (unpaired) electrons. The number of aliphatic carboxylic acids is 1. The summed E-state index contributed by atoms with van der Waals surface area (Å²) in [5.41, 5.74) is -0.225. The third kappa shape index (κ3) is 3.16. The molecule has 1 atom stereocenters. The van der Waals surface area contributed by atoms with Crippen molar-refractivity contribution in [3.63, 3.8) is 0 Å². The number of alkyl halides is 3. The summed E-state index contributed by atoms with van der Waals surface area (Å²) < 4.78 is 39.7. The van der Waals surface area contributed by atoms with E-state index in [1.807, 2.05) is 0 Å². The number of rotatable bonds is 4. The van der Waals surface area contributed by atoms with Crippen molar-refractivity contribution in [2.24, 2.45) is 0 Å². The van der Waals surface area contributed by atoms with E-state index in [9.17, 15) is 27.6 Å². The Morgan fingerprint density at radius 3 is 2.54 bits per heavy atom. The van der Waals surface area contributed by atoms with Crippen LogP contribution in [-0.2, 0) is 16.1 Å². The number of carboxylic acid groups (broad SMARTS) is 1. The van der Waals surface area contributed by atoms with E-state index >= 15 is 0 Å². The number of hydrogen-bond acceptors (Lipinski definition) is 3. The predicted octanol–water partition coefficient (Wildman–Crippen LogP) is 2.46. The standard InChI is InChI=1S/C17H15F3N2O4/c18-17(19,20)15(24)11-8-21(12-5-2-1-4-10(11)12)9-14(23)22-7-3-6-13(22)16(25)26/h1-2,4-5,8,13H,3,6-7,9H2,(H,25,26). The number of carbonyl (C=O) groups excluding carboxylic acids is 2. The molecule has 1 unspecified atom stereocenters.